The van der Waals surface area contributed by atoms with Gasteiger partial charge in [-0.1, -0.05) is 75.0 Å². The van der Waals surface area contributed by atoms with Crippen molar-refractivity contribution in [3.8, 4) is 5.75 Å². The van der Waals surface area contributed by atoms with Crippen LogP contribution < -0.4 is 4.74 Å². The number of hydrogen-bond acceptors (Lipinski definition) is 4. The summed E-state index contributed by atoms with van der Waals surface area (Å²) in [6.45, 7) is 7.11. The molecule has 0 aliphatic heterocycles. The molecule has 5 heteroatoms. The molecule has 0 atom stereocenters. The van der Waals surface area contributed by atoms with E-state index in [1.54, 1.807) is 11.8 Å². The van der Waals surface area contributed by atoms with Gasteiger partial charge in [0.1, 0.15) is 12.4 Å². The summed E-state index contributed by atoms with van der Waals surface area (Å²) in [6, 6.07) is 18.6. The van der Waals surface area contributed by atoms with Crippen LogP contribution in [0, 0.1) is 0 Å². The van der Waals surface area contributed by atoms with Crippen LogP contribution in [0.4, 0.5) is 0 Å². The zero-order chi connectivity index (χ0) is 18.6. The van der Waals surface area contributed by atoms with Gasteiger partial charge in [-0.25, -0.2) is 0 Å². The topological polar surface area (TPSA) is 39.9 Å². The molecule has 0 unspecified atom stereocenters. The van der Waals surface area contributed by atoms with Crippen LogP contribution in [0.15, 0.2) is 59.8 Å². The van der Waals surface area contributed by atoms with Gasteiger partial charge < -0.3 is 9.30 Å². The van der Waals surface area contributed by atoms with Gasteiger partial charge in [0.15, 0.2) is 11.0 Å². The second-order valence-corrected chi connectivity index (χ2v) is 8.24. The molecule has 0 saturated heterocycles. The Morgan fingerprint density at radius 1 is 0.962 bits per heavy atom. The Labute approximate surface area is 159 Å². The third-order valence-corrected chi connectivity index (χ3v) is 5.32. The van der Waals surface area contributed by atoms with Crippen molar-refractivity contribution in [3.05, 3.63) is 71.5 Å². The van der Waals surface area contributed by atoms with Crippen LogP contribution in [0.5, 0.6) is 5.75 Å². The molecule has 0 aliphatic rings. The summed E-state index contributed by atoms with van der Waals surface area (Å²) in [5.74, 6) is 2.53. The predicted molar refractivity (Wildman–Crippen MR) is 106 cm³/mol. The van der Waals surface area contributed by atoms with Gasteiger partial charge in [-0.2, -0.15) is 0 Å². The zero-order valence-electron chi connectivity index (χ0n) is 15.8. The first-order chi connectivity index (χ1) is 12.4. The molecule has 26 heavy (non-hydrogen) atoms. The van der Waals surface area contributed by atoms with Crippen molar-refractivity contribution in [2.45, 2.75) is 43.7 Å². The number of rotatable bonds is 6. The summed E-state index contributed by atoms with van der Waals surface area (Å²) in [6.07, 6.45) is 0. The van der Waals surface area contributed by atoms with E-state index in [0.29, 0.717) is 6.61 Å². The lowest BCUT2D eigenvalue weighted by molar-refractivity contribution is 0.290. The average molecular weight is 368 g/mol. The first-order valence-corrected chi connectivity index (χ1v) is 9.70. The molecule has 0 amide bonds. The molecule has 136 valence electrons. The fourth-order valence-electron chi connectivity index (χ4n) is 2.51. The van der Waals surface area contributed by atoms with Crippen molar-refractivity contribution in [3.63, 3.8) is 0 Å². The van der Waals surface area contributed by atoms with Crippen molar-refractivity contribution in [1.82, 2.24) is 14.8 Å². The maximum absolute atomic E-state index is 5.76. The molecule has 3 aromatic rings. The van der Waals surface area contributed by atoms with E-state index in [2.05, 4.69) is 55.2 Å². The lowest BCUT2D eigenvalue weighted by Crippen LogP contribution is -2.10. The summed E-state index contributed by atoms with van der Waals surface area (Å²) in [7, 11) is 1.98. The number of thioether (sulfide) groups is 1. The van der Waals surface area contributed by atoms with E-state index in [0.717, 1.165) is 22.5 Å². The number of ether oxygens (including phenoxy) is 1. The van der Waals surface area contributed by atoms with E-state index < -0.39 is 0 Å². The van der Waals surface area contributed by atoms with Crippen LogP contribution in [0.2, 0.25) is 0 Å². The van der Waals surface area contributed by atoms with Crippen LogP contribution in [0.1, 0.15) is 37.7 Å². The Bertz CT molecular complexity index is 836. The molecule has 1 aromatic heterocycles. The molecule has 0 radical (unpaired) electrons. The standard InChI is InChI=1S/C21H25N3OS/c1-21(2,3)17-12-10-16(11-13-17)15-26-20-23-22-19(24(20)4)14-25-18-8-6-5-7-9-18/h5-13H,14-15H2,1-4H3. The van der Waals surface area contributed by atoms with E-state index in [-0.39, 0.29) is 5.41 Å². The Kier molecular flexibility index (Phi) is 5.67. The molecule has 2 aromatic carbocycles. The van der Waals surface area contributed by atoms with E-state index in [9.17, 15) is 0 Å². The van der Waals surface area contributed by atoms with E-state index in [1.807, 2.05) is 41.9 Å². The molecule has 4 nitrogen and oxygen atoms in total. The maximum atomic E-state index is 5.76. The van der Waals surface area contributed by atoms with Crippen molar-refractivity contribution in [1.29, 1.82) is 0 Å². The van der Waals surface area contributed by atoms with Crippen molar-refractivity contribution < 1.29 is 4.74 Å². The van der Waals surface area contributed by atoms with Gasteiger partial charge in [0.25, 0.3) is 0 Å². The SMILES string of the molecule is Cn1c(COc2ccccc2)nnc1SCc1ccc(C(C)(C)C)cc1. The van der Waals surface area contributed by atoms with Gasteiger partial charge >= 0.3 is 0 Å². The van der Waals surface area contributed by atoms with Crippen molar-refractivity contribution in [2.24, 2.45) is 7.05 Å². The van der Waals surface area contributed by atoms with Gasteiger partial charge in [-0.3, -0.25) is 0 Å². The Balaban J connectivity index is 1.58. The fourth-order valence-corrected chi connectivity index (χ4v) is 3.40. The second kappa shape index (κ2) is 7.96. The van der Waals surface area contributed by atoms with Gasteiger partial charge in [0.2, 0.25) is 0 Å². The monoisotopic (exact) mass is 367 g/mol. The van der Waals surface area contributed by atoms with E-state index >= 15 is 0 Å². The minimum absolute atomic E-state index is 0.183. The van der Waals surface area contributed by atoms with Gasteiger partial charge in [0, 0.05) is 12.8 Å². The lowest BCUT2D eigenvalue weighted by atomic mass is 9.87. The molecule has 0 aliphatic carbocycles. The quantitative estimate of drug-likeness (QED) is 0.576. The van der Waals surface area contributed by atoms with Gasteiger partial charge in [0.05, 0.1) is 0 Å². The summed E-state index contributed by atoms with van der Waals surface area (Å²) >= 11 is 1.69. The molecule has 0 N–H and O–H groups in total. The highest BCUT2D eigenvalue weighted by Gasteiger charge is 2.13. The number of para-hydroxylation sites is 1. The van der Waals surface area contributed by atoms with Crippen LogP contribution in [0.3, 0.4) is 0 Å². The maximum Gasteiger partial charge on any atom is 0.191 e. The minimum atomic E-state index is 0.183. The van der Waals surface area contributed by atoms with Crippen LogP contribution in [0.25, 0.3) is 0 Å². The molecule has 0 saturated carbocycles. The number of aromatic nitrogens is 3. The Morgan fingerprint density at radius 2 is 1.65 bits per heavy atom. The first kappa shape index (κ1) is 18.5. The molecule has 3 rings (SSSR count). The zero-order valence-corrected chi connectivity index (χ0v) is 16.6. The summed E-state index contributed by atoms with van der Waals surface area (Å²) in [4.78, 5) is 0. The Hall–Kier alpha value is -2.27. The average Bonchev–Trinajstić information content (AvgIpc) is 2.98. The number of nitrogens with zero attached hydrogens (tertiary/aromatic N) is 3. The van der Waals surface area contributed by atoms with Crippen LogP contribution in [-0.4, -0.2) is 14.8 Å². The van der Waals surface area contributed by atoms with E-state index in [4.69, 9.17) is 4.74 Å². The molecular weight excluding hydrogens is 342 g/mol. The summed E-state index contributed by atoms with van der Waals surface area (Å²) in [5.41, 5.74) is 2.82. The minimum Gasteiger partial charge on any atom is -0.486 e. The van der Waals surface area contributed by atoms with E-state index in [1.165, 1.54) is 11.1 Å². The van der Waals surface area contributed by atoms with Crippen LogP contribution in [-0.2, 0) is 24.8 Å². The highest BCUT2D eigenvalue weighted by atomic mass is 32.2. The largest absolute Gasteiger partial charge is 0.486 e. The fraction of sp³-hybridized carbons (Fsp3) is 0.333. The predicted octanol–water partition coefficient (Wildman–Crippen LogP) is 4.98. The molecular formula is C21H25N3OS. The third kappa shape index (κ3) is 4.67. The van der Waals surface area contributed by atoms with Gasteiger partial charge in [-0.05, 0) is 28.7 Å². The normalized spacial score (nSPS) is 11.5. The Morgan fingerprint density at radius 3 is 2.31 bits per heavy atom. The smallest absolute Gasteiger partial charge is 0.191 e. The first-order valence-electron chi connectivity index (χ1n) is 8.72. The number of benzene rings is 2. The number of hydrogen-bond donors (Lipinski definition) is 0. The summed E-state index contributed by atoms with van der Waals surface area (Å²) in [5, 5.41) is 9.45. The molecule has 1 heterocycles. The van der Waals surface area contributed by atoms with Crippen molar-refractivity contribution >= 4 is 11.8 Å². The third-order valence-electron chi connectivity index (χ3n) is 4.22. The van der Waals surface area contributed by atoms with Crippen LogP contribution >= 0.6 is 11.8 Å². The molecule has 0 bridgehead atoms. The highest BCUT2D eigenvalue weighted by molar-refractivity contribution is 7.98. The second-order valence-electron chi connectivity index (χ2n) is 7.30. The molecule has 0 spiro atoms. The molecule has 0 fully saturated rings. The lowest BCUT2D eigenvalue weighted by Gasteiger charge is -2.19. The van der Waals surface area contributed by atoms with Crippen molar-refractivity contribution in [2.75, 3.05) is 0 Å². The highest BCUT2D eigenvalue weighted by Crippen LogP contribution is 2.25. The van der Waals surface area contributed by atoms with Gasteiger partial charge in [-0.15, -0.1) is 10.2 Å². The summed E-state index contributed by atoms with van der Waals surface area (Å²) < 4.78 is 7.76.